The van der Waals surface area contributed by atoms with Crippen molar-refractivity contribution in [1.82, 2.24) is 5.32 Å². The molecule has 5 heteroatoms. The van der Waals surface area contributed by atoms with Gasteiger partial charge in [-0.15, -0.1) is 0 Å². The first-order valence-corrected chi connectivity index (χ1v) is 7.91. The monoisotopic (exact) mass is 345 g/mol. The number of halogens is 3. The first-order chi connectivity index (χ1) is 12.0. The highest BCUT2D eigenvalue weighted by Gasteiger charge is 2.32. The highest BCUT2D eigenvalue weighted by molar-refractivity contribution is 5.87. The molecule has 0 unspecified atom stereocenters. The van der Waals surface area contributed by atoms with E-state index >= 15 is 0 Å². The van der Waals surface area contributed by atoms with E-state index in [1.54, 1.807) is 13.2 Å². The molecule has 0 aliphatic heterocycles. The van der Waals surface area contributed by atoms with E-state index in [0.717, 1.165) is 28.2 Å². The van der Waals surface area contributed by atoms with Crippen LogP contribution in [0.5, 0.6) is 5.75 Å². The third kappa shape index (κ3) is 3.77. The van der Waals surface area contributed by atoms with Crippen LogP contribution in [-0.4, -0.2) is 7.11 Å². The minimum atomic E-state index is -4.35. The Kier molecular flexibility index (Phi) is 4.95. The molecule has 0 aliphatic carbocycles. The van der Waals surface area contributed by atoms with Crippen LogP contribution in [0.3, 0.4) is 0 Å². The number of alkyl halides is 3. The maximum atomic E-state index is 13.1. The van der Waals surface area contributed by atoms with Crippen LogP contribution in [0.2, 0.25) is 0 Å². The highest BCUT2D eigenvalue weighted by atomic mass is 19.4. The Balaban J connectivity index is 1.83. The van der Waals surface area contributed by atoms with Crippen molar-refractivity contribution in [3.05, 3.63) is 77.4 Å². The zero-order valence-electron chi connectivity index (χ0n) is 13.7. The van der Waals surface area contributed by atoms with Crippen molar-refractivity contribution in [3.63, 3.8) is 0 Å². The van der Waals surface area contributed by atoms with E-state index in [1.807, 2.05) is 36.4 Å². The lowest BCUT2D eigenvalue weighted by molar-refractivity contribution is -0.138. The number of benzene rings is 3. The predicted octanol–water partition coefficient (Wildman–Crippen LogP) is 5.16. The van der Waals surface area contributed by atoms with Crippen LogP contribution in [0, 0.1) is 0 Å². The number of nitrogens with one attached hydrogen (secondary N) is 1. The van der Waals surface area contributed by atoms with E-state index in [2.05, 4.69) is 5.32 Å². The maximum absolute atomic E-state index is 13.1. The molecular weight excluding hydrogens is 327 g/mol. The Morgan fingerprint density at radius 3 is 2.36 bits per heavy atom. The Labute approximate surface area is 144 Å². The number of hydrogen-bond acceptors (Lipinski definition) is 2. The van der Waals surface area contributed by atoms with Gasteiger partial charge in [0.05, 0.1) is 12.7 Å². The normalized spacial score (nSPS) is 11.7. The van der Waals surface area contributed by atoms with E-state index in [4.69, 9.17) is 4.74 Å². The van der Waals surface area contributed by atoms with Crippen LogP contribution in [0.15, 0.2) is 60.7 Å². The Morgan fingerprint density at radius 2 is 1.60 bits per heavy atom. The SMILES string of the molecule is COc1ccc2ccccc2c1CNCc1ccccc1C(F)(F)F. The molecule has 0 saturated heterocycles. The summed E-state index contributed by atoms with van der Waals surface area (Å²) in [4.78, 5) is 0. The smallest absolute Gasteiger partial charge is 0.416 e. The first kappa shape index (κ1) is 17.3. The van der Waals surface area contributed by atoms with E-state index in [9.17, 15) is 13.2 Å². The van der Waals surface area contributed by atoms with Crippen LogP contribution in [-0.2, 0) is 19.3 Å². The highest BCUT2D eigenvalue weighted by Crippen LogP contribution is 2.32. The van der Waals surface area contributed by atoms with Gasteiger partial charge >= 0.3 is 6.18 Å². The minimum absolute atomic E-state index is 0.127. The van der Waals surface area contributed by atoms with Gasteiger partial charge in [0.2, 0.25) is 0 Å². The standard InChI is InChI=1S/C20H18F3NO/c1-25-19-11-10-14-6-2-4-8-16(14)17(19)13-24-12-15-7-3-5-9-18(15)20(21,22)23/h2-11,24H,12-13H2,1H3. The van der Waals surface area contributed by atoms with E-state index in [1.165, 1.54) is 12.1 Å². The molecular formula is C20H18F3NO. The molecule has 25 heavy (non-hydrogen) atoms. The summed E-state index contributed by atoms with van der Waals surface area (Å²) in [6, 6.07) is 17.3. The summed E-state index contributed by atoms with van der Waals surface area (Å²) in [5.74, 6) is 0.718. The Bertz CT molecular complexity index is 874. The quantitative estimate of drug-likeness (QED) is 0.690. The van der Waals surface area contributed by atoms with Gasteiger partial charge in [-0.2, -0.15) is 13.2 Å². The molecule has 3 rings (SSSR count). The van der Waals surface area contributed by atoms with Gasteiger partial charge in [0, 0.05) is 18.7 Å². The molecule has 0 bridgehead atoms. The molecule has 0 fully saturated rings. The fourth-order valence-electron chi connectivity index (χ4n) is 2.96. The van der Waals surface area contributed by atoms with Crippen molar-refractivity contribution < 1.29 is 17.9 Å². The first-order valence-electron chi connectivity index (χ1n) is 7.91. The van der Waals surface area contributed by atoms with Crippen LogP contribution < -0.4 is 10.1 Å². The molecule has 3 aromatic carbocycles. The molecule has 2 nitrogen and oxygen atoms in total. The average Bonchev–Trinajstić information content (AvgIpc) is 2.61. The van der Waals surface area contributed by atoms with Gasteiger partial charge < -0.3 is 10.1 Å². The van der Waals surface area contributed by atoms with Gasteiger partial charge in [-0.3, -0.25) is 0 Å². The largest absolute Gasteiger partial charge is 0.496 e. The second kappa shape index (κ2) is 7.15. The second-order valence-electron chi connectivity index (χ2n) is 5.73. The Morgan fingerprint density at radius 1 is 0.880 bits per heavy atom. The van der Waals surface area contributed by atoms with Crippen LogP contribution in [0.1, 0.15) is 16.7 Å². The van der Waals surface area contributed by atoms with Crippen molar-refractivity contribution >= 4 is 10.8 Å². The summed E-state index contributed by atoms with van der Waals surface area (Å²) in [5, 5.41) is 5.21. The summed E-state index contributed by atoms with van der Waals surface area (Å²) < 4.78 is 44.6. The van der Waals surface area contributed by atoms with E-state index in [-0.39, 0.29) is 12.1 Å². The molecule has 0 radical (unpaired) electrons. The van der Waals surface area contributed by atoms with E-state index in [0.29, 0.717) is 6.54 Å². The molecule has 3 aromatic rings. The van der Waals surface area contributed by atoms with Crippen molar-refractivity contribution in [2.24, 2.45) is 0 Å². The van der Waals surface area contributed by atoms with Gasteiger partial charge in [0.15, 0.2) is 0 Å². The molecule has 1 N–H and O–H groups in total. The fraction of sp³-hybridized carbons (Fsp3) is 0.200. The van der Waals surface area contributed by atoms with Gasteiger partial charge in [-0.1, -0.05) is 48.5 Å². The van der Waals surface area contributed by atoms with Crippen LogP contribution in [0.25, 0.3) is 10.8 Å². The number of hydrogen-bond donors (Lipinski definition) is 1. The van der Waals surface area contributed by atoms with Gasteiger partial charge in [0.1, 0.15) is 5.75 Å². The molecule has 0 atom stereocenters. The molecule has 130 valence electrons. The predicted molar refractivity (Wildman–Crippen MR) is 92.5 cm³/mol. The number of rotatable bonds is 5. The molecule has 0 amide bonds. The minimum Gasteiger partial charge on any atom is -0.496 e. The van der Waals surface area contributed by atoms with Gasteiger partial charge in [-0.05, 0) is 28.5 Å². The van der Waals surface area contributed by atoms with Crippen LogP contribution in [0.4, 0.5) is 13.2 Å². The topological polar surface area (TPSA) is 21.3 Å². The lowest BCUT2D eigenvalue weighted by Gasteiger charge is -2.15. The fourth-order valence-corrected chi connectivity index (χ4v) is 2.96. The zero-order valence-corrected chi connectivity index (χ0v) is 13.7. The number of methoxy groups -OCH3 is 1. The maximum Gasteiger partial charge on any atom is 0.416 e. The average molecular weight is 345 g/mol. The van der Waals surface area contributed by atoms with Gasteiger partial charge in [0.25, 0.3) is 0 Å². The van der Waals surface area contributed by atoms with Gasteiger partial charge in [-0.25, -0.2) is 0 Å². The molecule has 0 aliphatic rings. The van der Waals surface area contributed by atoms with Crippen molar-refractivity contribution in [2.75, 3.05) is 7.11 Å². The Hall–Kier alpha value is -2.53. The summed E-state index contributed by atoms with van der Waals surface area (Å²) in [6.45, 7) is 0.540. The third-order valence-corrected chi connectivity index (χ3v) is 4.16. The van der Waals surface area contributed by atoms with Crippen molar-refractivity contribution in [3.8, 4) is 5.75 Å². The molecule has 0 heterocycles. The summed E-state index contributed by atoms with van der Waals surface area (Å²) >= 11 is 0. The lowest BCUT2D eigenvalue weighted by Crippen LogP contribution is -2.17. The van der Waals surface area contributed by atoms with Crippen molar-refractivity contribution in [2.45, 2.75) is 19.3 Å². The van der Waals surface area contributed by atoms with Crippen molar-refractivity contribution in [1.29, 1.82) is 0 Å². The lowest BCUT2D eigenvalue weighted by atomic mass is 10.0. The molecule has 0 aromatic heterocycles. The molecule has 0 saturated carbocycles. The third-order valence-electron chi connectivity index (χ3n) is 4.16. The summed E-state index contributed by atoms with van der Waals surface area (Å²) in [6.07, 6.45) is -4.35. The summed E-state index contributed by atoms with van der Waals surface area (Å²) in [7, 11) is 1.59. The van der Waals surface area contributed by atoms with E-state index < -0.39 is 11.7 Å². The number of fused-ring (bicyclic) bond motifs is 1. The zero-order chi connectivity index (χ0) is 17.9. The summed E-state index contributed by atoms with van der Waals surface area (Å²) in [5.41, 5.74) is 0.562. The molecule has 0 spiro atoms. The number of ether oxygens (including phenoxy) is 1. The second-order valence-corrected chi connectivity index (χ2v) is 5.73. The van der Waals surface area contributed by atoms with Crippen LogP contribution >= 0.6 is 0 Å².